The second-order valence-electron chi connectivity index (χ2n) is 2.31. The van der Waals surface area contributed by atoms with Crippen LogP contribution in [0.2, 0.25) is 0 Å². The molecule has 0 atom stereocenters. The van der Waals surface area contributed by atoms with Crippen LogP contribution in [0.5, 0.6) is 0 Å². The van der Waals surface area contributed by atoms with Crippen molar-refractivity contribution in [1.82, 2.24) is 14.9 Å². The Hall–Kier alpha value is -1.25. The molecule has 0 aliphatic rings. The highest BCUT2D eigenvalue weighted by atomic mass is 15.0. The molecule has 3 heteroatoms. The van der Waals surface area contributed by atoms with Crippen molar-refractivity contribution >= 4 is 0 Å². The maximum absolute atomic E-state index is 3.94. The van der Waals surface area contributed by atoms with Crippen LogP contribution in [-0.2, 0) is 6.54 Å². The lowest BCUT2D eigenvalue weighted by atomic mass is 10.4. The molecule has 0 bridgehead atoms. The maximum atomic E-state index is 3.94. The average molecular weight is 151 g/mol. The van der Waals surface area contributed by atoms with E-state index in [1.54, 1.807) is 12.4 Å². The summed E-state index contributed by atoms with van der Waals surface area (Å²) < 4.78 is 2.06. The Kier molecular flexibility index (Phi) is 3.25. The lowest BCUT2D eigenvalue weighted by Crippen LogP contribution is -2.09. The number of nitrogens with one attached hydrogen (secondary N) is 1. The highest BCUT2D eigenvalue weighted by Gasteiger charge is 1.87. The molecule has 0 radical (unpaired) electrons. The molecule has 1 heterocycles. The molecule has 0 fully saturated rings. The molecule has 0 saturated carbocycles. The molecule has 0 aromatic carbocycles. The van der Waals surface area contributed by atoms with Gasteiger partial charge in [-0.25, -0.2) is 4.98 Å². The van der Waals surface area contributed by atoms with Crippen LogP contribution in [0.1, 0.15) is 6.42 Å². The molecule has 1 aromatic rings. The molecule has 0 aliphatic carbocycles. The zero-order valence-corrected chi connectivity index (χ0v) is 6.53. The van der Waals surface area contributed by atoms with Gasteiger partial charge in [0.2, 0.25) is 0 Å². The summed E-state index contributed by atoms with van der Waals surface area (Å²) >= 11 is 0. The molecule has 0 spiro atoms. The van der Waals surface area contributed by atoms with Gasteiger partial charge in [0.25, 0.3) is 0 Å². The Morgan fingerprint density at radius 2 is 2.55 bits per heavy atom. The molecule has 1 N–H and O–H groups in total. The van der Waals surface area contributed by atoms with Gasteiger partial charge in [-0.15, -0.1) is 0 Å². The van der Waals surface area contributed by atoms with Crippen LogP contribution in [0.25, 0.3) is 0 Å². The second-order valence-corrected chi connectivity index (χ2v) is 2.31. The molecular weight excluding hydrogens is 138 g/mol. The molecular formula is C8H13N3. The fraction of sp³-hybridized carbons (Fsp3) is 0.375. The van der Waals surface area contributed by atoms with Crippen LogP contribution in [0, 0.1) is 0 Å². The van der Waals surface area contributed by atoms with Gasteiger partial charge in [0.15, 0.2) is 0 Å². The van der Waals surface area contributed by atoms with E-state index in [4.69, 9.17) is 0 Å². The zero-order chi connectivity index (χ0) is 7.94. The highest BCUT2D eigenvalue weighted by Crippen LogP contribution is 1.88. The number of aryl methyl sites for hydroxylation is 1. The standard InChI is InChI=1S/C8H13N3/c1-2-9-4-3-6-11-7-5-10-8-11/h2,5,7-9H,1,3-4,6H2. The molecule has 11 heavy (non-hydrogen) atoms. The quantitative estimate of drug-likeness (QED) is 0.636. The minimum absolute atomic E-state index is 0.974. The second kappa shape index (κ2) is 4.55. The first-order valence-corrected chi connectivity index (χ1v) is 3.73. The SMILES string of the molecule is C=CNCCCn1ccnc1. The van der Waals surface area contributed by atoms with Crippen molar-refractivity contribution in [2.45, 2.75) is 13.0 Å². The number of aromatic nitrogens is 2. The van der Waals surface area contributed by atoms with Crippen LogP contribution in [-0.4, -0.2) is 16.1 Å². The first kappa shape index (κ1) is 7.85. The molecule has 1 rings (SSSR count). The number of imidazole rings is 1. The molecule has 0 unspecified atom stereocenters. The van der Waals surface area contributed by atoms with Crippen molar-refractivity contribution in [3.63, 3.8) is 0 Å². The Labute approximate surface area is 66.8 Å². The zero-order valence-electron chi connectivity index (χ0n) is 6.53. The van der Waals surface area contributed by atoms with Gasteiger partial charge in [0.05, 0.1) is 6.33 Å². The summed E-state index contributed by atoms with van der Waals surface area (Å²) in [7, 11) is 0. The normalized spacial score (nSPS) is 9.45. The van der Waals surface area contributed by atoms with E-state index in [0.29, 0.717) is 0 Å². The predicted octanol–water partition coefficient (Wildman–Crippen LogP) is 1.01. The van der Waals surface area contributed by atoms with Gasteiger partial charge in [-0.1, -0.05) is 6.58 Å². The van der Waals surface area contributed by atoms with Gasteiger partial charge < -0.3 is 9.88 Å². The van der Waals surface area contributed by atoms with Crippen molar-refractivity contribution in [3.05, 3.63) is 31.5 Å². The van der Waals surface area contributed by atoms with Gasteiger partial charge >= 0.3 is 0 Å². The Bertz CT molecular complexity index is 191. The van der Waals surface area contributed by atoms with Crippen molar-refractivity contribution < 1.29 is 0 Å². The lowest BCUT2D eigenvalue weighted by molar-refractivity contribution is 0.623. The maximum Gasteiger partial charge on any atom is 0.0945 e. The summed E-state index contributed by atoms with van der Waals surface area (Å²) in [5.74, 6) is 0. The van der Waals surface area contributed by atoms with E-state index in [2.05, 4.69) is 21.4 Å². The number of hydrogen-bond acceptors (Lipinski definition) is 2. The van der Waals surface area contributed by atoms with Crippen LogP contribution < -0.4 is 5.32 Å². The largest absolute Gasteiger partial charge is 0.391 e. The third-order valence-electron chi connectivity index (χ3n) is 1.44. The smallest absolute Gasteiger partial charge is 0.0945 e. The van der Waals surface area contributed by atoms with Gasteiger partial charge in [-0.05, 0) is 12.6 Å². The summed E-state index contributed by atoms with van der Waals surface area (Å²) in [6.07, 6.45) is 8.40. The number of rotatable bonds is 5. The fourth-order valence-corrected chi connectivity index (χ4v) is 0.885. The summed E-state index contributed by atoms with van der Waals surface area (Å²) in [6.45, 7) is 5.55. The topological polar surface area (TPSA) is 29.9 Å². The van der Waals surface area contributed by atoms with E-state index in [9.17, 15) is 0 Å². The van der Waals surface area contributed by atoms with Gasteiger partial charge in [0.1, 0.15) is 0 Å². The van der Waals surface area contributed by atoms with E-state index in [1.807, 2.05) is 12.5 Å². The van der Waals surface area contributed by atoms with Gasteiger partial charge in [-0.2, -0.15) is 0 Å². The summed E-state index contributed by atoms with van der Waals surface area (Å²) in [5.41, 5.74) is 0. The van der Waals surface area contributed by atoms with Crippen LogP contribution >= 0.6 is 0 Å². The first-order valence-electron chi connectivity index (χ1n) is 3.73. The van der Waals surface area contributed by atoms with E-state index < -0.39 is 0 Å². The summed E-state index contributed by atoms with van der Waals surface area (Å²) in [6, 6.07) is 0. The Balaban J connectivity index is 2.09. The van der Waals surface area contributed by atoms with E-state index >= 15 is 0 Å². The summed E-state index contributed by atoms with van der Waals surface area (Å²) in [5, 5.41) is 3.04. The van der Waals surface area contributed by atoms with Crippen LogP contribution in [0.4, 0.5) is 0 Å². The van der Waals surface area contributed by atoms with Crippen LogP contribution in [0.3, 0.4) is 0 Å². The first-order chi connectivity index (χ1) is 5.43. The van der Waals surface area contributed by atoms with Crippen LogP contribution in [0.15, 0.2) is 31.5 Å². The number of hydrogen-bond donors (Lipinski definition) is 1. The molecule has 0 aliphatic heterocycles. The van der Waals surface area contributed by atoms with Crippen molar-refractivity contribution in [3.8, 4) is 0 Å². The lowest BCUT2D eigenvalue weighted by Gasteiger charge is -2.00. The number of nitrogens with zero attached hydrogens (tertiary/aromatic N) is 2. The molecule has 3 nitrogen and oxygen atoms in total. The van der Waals surface area contributed by atoms with Gasteiger partial charge in [-0.3, -0.25) is 0 Å². The van der Waals surface area contributed by atoms with E-state index in [0.717, 1.165) is 19.5 Å². The van der Waals surface area contributed by atoms with Gasteiger partial charge in [0, 0.05) is 25.5 Å². The Morgan fingerprint density at radius 3 is 3.18 bits per heavy atom. The molecule has 60 valence electrons. The minimum Gasteiger partial charge on any atom is -0.391 e. The monoisotopic (exact) mass is 151 g/mol. The van der Waals surface area contributed by atoms with Crippen molar-refractivity contribution in [1.29, 1.82) is 0 Å². The fourth-order valence-electron chi connectivity index (χ4n) is 0.885. The van der Waals surface area contributed by atoms with E-state index in [1.165, 1.54) is 0 Å². The minimum atomic E-state index is 0.974. The molecule has 0 saturated heterocycles. The molecule has 1 aromatic heterocycles. The van der Waals surface area contributed by atoms with Crippen molar-refractivity contribution in [2.24, 2.45) is 0 Å². The highest BCUT2D eigenvalue weighted by molar-refractivity contribution is 4.74. The predicted molar refractivity (Wildman–Crippen MR) is 45.0 cm³/mol. The summed E-state index contributed by atoms with van der Waals surface area (Å²) in [4.78, 5) is 3.94. The molecule has 0 amide bonds. The average Bonchev–Trinajstić information content (AvgIpc) is 2.50. The third kappa shape index (κ3) is 2.89. The van der Waals surface area contributed by atoms with E-state index in [-0.39, 0.29) is 0 Å². The van der Waals surface area contributed by atoms with Crippen molar-refractivity contribution in [2.75, 3.05) is 6.54 Å². The Morgan fingerprint density at radius 1 is 1.64 bits per heavy atom. The third-order valence-corrected chi connectivity index (χ3v) is 1.44.